The molecule has 1 atom stereocenters. The van der Waals surface area contributed by atoms with Crippen molar-refractivity contribution in [3.05, 3.63) is 131 Å². The van der Waals surface area contributed by atoms with Gasteiger partial charge in [0.05, 0.1) is 34.9 Å². The monoisotopic (exact) mass is 563 g/mol. The van der Waals surface area contributed by atoms with Crippen LogP contribution in [0.5, 0.6) is 0 Å². The number of carbonyl (C=O) groups is 2. The summed E-state index contributed by atoms with van der Waals surface area (Å²) in [4.78, 5) is 34.2. The normalized spacial score (nSPS) is 11.8. The number of carboxylic acid groups (broad SMARTS) is 1. The van der Waals surface area contributed by atoms with E-state index in [1.165, 1.54) is 12.1 Å². The minimum Gasteiger partial charge on any atom is -0.481 e. The maximum atomic E-state index is 13.7. The van der Waals surface area contributed by atoms with Crippen molar-refractivity contribution in [2.75, 3.05) is 6.61 Å². The number of hydrogen-bond donors (Lipinski definition) is 3. The first-order valence-corrected chi connectivity index (χ1v) is 13.7. The summed E-state index contributed by atoms with van der Waals surface area (Å²) in [5, 5.41) is 21.7. The Morgan fingerprint density at radius 1 is 0.810 bits per heavy atom. The molecule has 42 heavy (non-hydrogen) atoms. The Kier molecular flexibility index (Phi) is 8.94. The molecule has 1 aromatic heterocycles. The van der Waals surface area contributed by atoms with Crippen molar-refractivity contribution in [2.45, 2.75) is 31.7 Å². The van der Waals surface area contributed by atoms with Gasteiger partial charge in [0.15, 0.2) is 0 Å². The molecule has 4 aromatic carbocycles. The Hall–Kier alpha value is -4.95. The minimum absolute atomic E-state index is 0.0568. The molecule has 5 aromatic rings. The summed E-state index contributed by atoms with van der Waals surface area (Å²) >= 11 is 0. The van der Waals surface area contributed by atoms with Gasteiger partial charge in [-0.3, -0.25) is 9.59 Å². The van der Waals surface area contributed by atoms with E-state index >= 15 is 0 Å². The van der Waals surface area contributed by atoms with Gasteiger partial charge in [0, 0.05) is 17.7 Å². The molecule has 0 aliphatic heterocycles. The lowest BCUT2D eigenvalue weighted by atomic mass is 10.0. The lowest BCUT2D eigenvalue weighted by Gasteiger charge is -2.18. The van der Waals surface area contributed by atoms with Crippen LogP contribution < -0.4 is 5.32 Å². The number of halogens is 1. The van der Waals surface area contributed by atoms with E-state index in [4.69, 9.17) is 15.1 Å². The first-order chi connectivity index (χ1) is 20.4. The van der Waals surface area contributed by atoms with Crippen LogP contribution in [0.1, 0.15) is 45.2 Å². The van der Waals surface area contributed by atoms with Crippen LogP contribution in [0.3, 0.4) is 0 Å². The third kappa shape index (κ3) is 7.03. The summed E-state index contributed by atoms with van der Waals surface area (Å²) in [6.07, 6.45) is 1.40. The van der Waals surface area contributed by atoms with E-state index in [-0.39, 0.29) is 30.8 Å². The van der Waals surface area contributed by atoms with E-state index < -0.39 is 5.97 Å². The largest absolute Gasteiger partial charge is 0.481 e. The Morgan fingerprint density at radius 3 is 2.31 bits per heavy atom. The smallest absolute Gasteiger partial charge is 0.307 e. The van der Waals surface area contributed by atoms with Crippen LogP contribution in [0, 0.1) is 5.82 Å². The Balaban J connectivity index is 1.46. The first kappa shape index (κ1) is 28.6. The Morgan fingerprint density at radius 2 is 1.57 bits per heavy atom. The van der Waals surface area contributed by atoms with E-state index in [2.05, 4.69) is 5.32 Å². The van der Waals surface area contributed by atoms with Crippen LogP contribution in [0.4, 0.5) is 4.39 Å². The van der Waals surface area contributed by atoms with Crippen molar-refractivity contribution in [3.8, 4) is 11.3 Å². The van der Waals surface area contributed by atoms with E-state index in [0.717, 1.165) is 16.7 Å². The molecule has 212 valence electrons. The van der Waals surface area contributed by atoms with E-state index in [1.54, 1.807) is 36.4 Å². The van der Waals surface area contributed by atoms with E-state index in [0.29, 0.717) is 52.8 Å². The van der Waals surface area contributed by atoms with Crippen molar-refractivity contribution >= 4 is 22.9 Å². The number of nitrogens with zero attached hydrogens (tertiary/aromatic N) is 2. The quantitative estimate of drug-likeness (QED) is 0.190. The van der Waals surface area contributed by atoms with Gasteiger partial charge >= 0.3 is 5.97 Å². The van der Waals surface area contributed by atoms with Gasteiger partial charge in [0.1, 0.15) is 5.82 Å². The summed E-state index contributed by atoms with van der Waals surface area (Å²) in [5.74, 6) is -1.53. The predicted octanol–water partition coefficient (Wildman–Crippen LogP) is 5.70. The number of rotatable bonds is 11. The number of amides is 1. The molecule has 1 heterocycles. The van der Waals surface area contributed by atoms with Gasteiger partial charge in [-0.15, -0.1) is 0 Å². The van der Waals surface area contributed by atoms with Gasteiger partial charge in [0.25, 0.3) is 5.91 Å². The summed E-state index contributed by atoms with van der Waals surface area (Å²) in [7, 11) is 0. The van der Waals surface area contributed by atoms with Gasteiger partial charge in [-0.05, 0) is 78.4 Å². The number of carboxylic acids is 1. The SMILES string of the molecule is O=C(O)Cc1cccc(CCc2nc3cc(C(=O)N[C@@H](CCO)c4ccccc4)ccc3nc2-c2ccc(F)cc2)c1. The number of fused-ring (bicyclic) bond motifs is 1. The predicted molar refractivity (Wildman–Crippen MR) is 158 cm³/mol. The summed E-state index contributed by atoms with van der Waals surface area (Å²) < 4.78 is 13.7. The number of hydrogen-bond acceptors (Lipinski definition) is 5. The second kappa shape index (κ2) is 13.1. The molecule has 0 spiro atoms. The molecule has 0 radical (unpaired) electrons. The molecule has 8 heteroatoms. The third-order valence-electron chi connectivity index (χ3n) is 7.04. The zero-order valence-electron chi connectivity index (χ0n) is 22.8. The van der Waals surface area contributed by atoms with Gasteiger partial charge in [-0.2, -0.15) is 0 Å². The highest BCUT2D eigenvalue weighted by atomic mass is 19.1. The van der Waals surface area contributed by atoms with Gasteiger partial charge < -0.3 is 15.5 Å². The molecule has 7 nitrogen and oxygen atoms in total. The minimum atomic E-state index is -0.891. The van der Waals surface area contributed by atoms with Crippen LogP contribution in [-0.2, 0) is 24.1 Å². The average Bonchev–Trinajstić information content (AvgIpc) is 3.00. The Bertz CT molecular complexity index is 1710. The van der Waals surface area contributed by atoms with Crippen LogP contribution in [0.15, 0.2) is 97.1 Å². The maximum absolute atomic E-state index is 13.7. The number of aryl methyl sites for hydroxylation is 2. The summed E-state index contributed by atoms with van der Waals surface area (Å²) in [6.45, 7) is -0.0717. The molecule has 0 aliphatic carbocycles. The van der Waals surface area contributed by atoms with Crippen molar-refractivity contribution in [2.24, 2.45) is 0 Å². The number of aliphatic carboxylic acids is 1. The lowest BCUT2D eigenvalue weighted by molar-refractivity contribution is -0.136. The highest BCUT2D eigenvalue weighted by Crippen LogP contribution is 2.26. The maximum Gasteiger partial charge on any atom is 0.307 e. The van der Waals surface area contributed by atoms with Crippen LogP contribution in [-0.4, -0.2) is 38.7 Å². The summed E-state index contributed by atoms with van der Waals surface area (Å²) in [6, 6.07) is 27.8. The third-order valence-corrected chi connectivity index (χ3v) is 7.04. The molecule has 0 saturated carbocycles. The van der Waals surface area contributed by atoms with Gasteiger partial charge in [-0.25, -0.2) is 14.4 Å². The number of aliphatic hydroxyl groups excluding tert-OH is 1. The fourth-order valence-corrected chi connectivity index (χ4v) is 4.96. The fraction of sp³-hybridized carbons (Fsp3) is 0.176. The number of aromatic nitrogens is 2. The fourth-order valence-electron chi connectivity index (χ4n) is 4.96. The number of carbonyl (C=O) groups excluding carboxylic acids is 1. The van der Waals surface area contributed by atoms with Crippen LogP contribution in [0.2, 0.25) is 0 Å². The topological polar surface area (TPSA) is 112 Å². The molecule has 3 N–H and O–H groups in total. The van der Waals surface area contributed by atoms with Gasteiger partial charge in [-0.1, -0.05) is 54.6 Å². The molecule has 0 bridgehead atoms. The van der Waals surface area contributed by atoms with Crippen molar-refractivity contribution in [1.29, 1.82) is 0 Å². The molecule has 1 amide bonds. The molecule has 0 saturated heterocycles. The van der Waals surface area contributed by atoms with Crippen molar-refractivity contribution < 1.29 is 24.2 Å². The standard InChI is InChI=1S/C34H30FN3O4/c35-27-13-10-25(11-14-27)33-30(15-9-22-5-4-6-23(19-22)20-32(40)41)36-31-21-26(12-16-29(31)37-33)34(42)38-28(17-18-39)24-7-2-1-3-8-24/h1-8,10-14,16,19,21,28,39H,9,15,17-18,20H2,(H,38,42)(H,40,41)/t28-/m0/s1. The second-order valence-corrected chi connectivity index (χ2v) is 10.1. The zero-order chi connectivity index (χ0) is 29.5. The van der Waals surface area contributed by atoms with Gasteiger partial charge in [0.2, 0.25) is 0 Å². The first-order valence-electron chi connectivity index (χ1n) is 13.7. The van der Waals surface area contributed by atoms with Crippen molar-refractivity contribution in [3.63, 3.8) is 0 Å². The molecule has 0 unspecified atom stereocenters. The van der Waals surface area contributed by atoms with E-state index in [9.17, 15) is 19.1 Å². The van der Waals surface area contributed by atoms with Crippen LogP contribution >= 0.6 is 0 Å². The highest BCUT2D eigenvalue weighted by Gasteiger charge is 2.18. The second-order valence-electron chi connectivity index (χ2n) is 10.1. The Labute approximate surface area is 242 Å². The number of benzene rings is 4. The molecular weight excluding hydrogens is 533 g/mol. The number of nitrogens with one attached hydrogen (secondary N) is 1. The highest BCUT2D eigenvalue weighted by molar-refractivity contribution is 5.97. The zero-order valence-corrected chi connectivity index (χ0v) is 22.8. The average molecular weight is 564 g/mol. The molecular formula is C34H30FN3O4. The van der Waals surface area contributed by atoms with Crippen molar-refractivity contribution in [1.82, 2.24) is 15.3 Å². The van der Waals surface area contributed by atoms with Crippen LogP contribution in [0.25, 0.3) is 22.3 Å². The molecule has 0 aliphatic rings. The van der Waals surface area contributed by atoms with E-state index in [1.807, 2.05) is 48.5 Å². The number of aliphatic hydroxyl groups is 1. The lowest BCUT2D eigenvalue weighted by Crippen LogP contribution is -2.29. The molecule has 5 rings (SSSR count). The summed E-state index contributed by atoms with van der Waals surface area (Å²) in [5.41, 5.74) is 6.15. The molecule has 0 fully saturated rings.